The average Bonchev–Trinajstić information content (AvgIpc) is 2.80. The number of anilines is 1. The summed E-state index contributed by atoms with van der Waals surface area (Å²) in [5, 5.41) is 7.86. The van der Waals surface area contributed by atoms with Gasteiger partial charge in [0, 0.05) is 38.0 Å². The van der Waals surface area contributed by atoms with Crippen LogP contribution in [-0.4, -0.2) is 25.8 Å². The second-order valence-corrected chi connectivity index (χ2v) is 3.87. The molecule has 0 unspecified atom stereocenters. The molecule has 0 fully saturated rings. The molecule has 0 aromatic carbocycles. The summed E-state index contributed by atoms with van der Waals surface area (Å²) in [6, 6.07) is 0. The first-order chi connectivity index (χ1) is 7.22. The van der Waals surface area contributed by atoms with Gasteiger partial charge in [0.15, 0.2) is 0 Å². The van der Waals surface area contributed by atoms with Crippen LogP contribution in [0.4, 0.5) is 5.00 Å². The second kappa shape index (κ2) is 3.85. The Morgan fingerprint density at radius 3 is 2.93 bits per heavy atom. The van der Waals surface area contributed by atoms with Gasteiger partial charge in [0.05, 0.1) is 6.54 Å². The molecule has 0 aliphatic rings. The topological polar surface area (TPSA) is 64.7 Å². The van der Waals surface area contributed by atoms with Crippen LogP contribution in [0.2, 0.25) is 0 Å². The Morgan fingerprint density at radius 2 is 2.33 bits per heavy atom. The number of imidazole rings is 1. The van der Waals surface area contributed by atoms with Gasteiger partial charge in [-0.3, -0.25) is 4.57 Å². The first kappa shape index (κ1) is 9.91. The molecule has 7 heteroatoms. The number of nitrogens with zero attached hydrogens (tertiary/aromatic N) is 4. The van der Waals surface area contributed by atoms with E-state index < -0.39 is 0 Å². The van der Waals surface area contributed by atoms with Gasteiger partial charge >= 0.3 is 5.69 Å². The maximum atomic E-state index is 11.6. The largest absolute Gasteiger partial charge is 0.377 e. The van der Waals surface area contributed by atoms with E-state index in [-0.39, 0.29) is 5.69 Å². The summed E-state index contributed by atoms with van der Waals surface area (Å²) in [7, 11) is 3.53. The van der Waals surface area contributed by atoms with Crippen LogP contribution in [0.25, 0.3) is 0 Å². The lowest BCUT2D eigenvalue weighted by molar-refractivity contribution is 0.703. The molecule has 0 aliphatic carbocycles. The minimum Gasteiger partial charge on any atom is -0.377 e. The number of aryl methyl sites for hydroxylation is 1. The molecule has 0 aliphatic heterocycles. The maximum absolute atomic E-state index is 11.6. The molecular weight excluding hydrogens is 214 g/mol. The molecule has 0 radical (unpaired) electrons. The van der Waals surface area contributed by atoms with Gasteiger partial charge in [-0.2, -0.15) is 0 Å². The summed E-state index contributed by atoms with van der Waals surface area (Å²) >= 11 is 1.29. The van der Waals surface area contributed by atoms with Crippen molar-refractivity contribution in [1.82, 2.24) is 18.7 Å². The highest BCUT2D eigenvalue weighted by atomic mass is 32.1. The van der Waals surface area contributed by atoms with Crippen molar-refractivity contribution in [2.45, 2.75) is 6.54 Å². The standard InChI is InChI=1S/C8H11N5OS/c1-9-7-6(10-11-15-7)5-13-4-3-12(2)8(13)14/h3-4,9H,5H2,1-2H3. The van der Waals surface area contributed by atoms with Crippen molar-refractivity contribution < 1.29 is 0 Å². The minimum atomic E-state index is -0.0509. The van der Waals surface area contributed by atoms with Crippen molar-refractivity contribution in [3.8, 4) is 0 Å². The molecule has 0 saturated carbocycles. The van der Waals surface area contributed by atoms with Crippen LogP contribution in [0, 0.1) is 0 Å². The number of hydrogen-bond donors (Lipinski definition) is 1. The van der Waals surface area contributed by atoms with Gasteiger partial charge in [-0.1, -0.05) is 4.49 Å². The summed E-state index contributed by atoms with van der Waals surface area (Å²) in [5.74, 6) is 0. The molecule has 2 rings (SSSR count). The Bertz CT molecular complexity index is 511. The summed E-state index contributed by atoms with van der Waals surface area (Å²) in [5.41, 5.74) is 0.737. The Kier molecular flexibility index (Phi) is 2.55. The highest BCUT2D eigenvalue weighted by Gasteiger charge is 2.08. The van der Waals surface area contributed by atoms with Gasteiger partial charge in [-0.25, -0.2) is 4.79 Å². The van der Waals surface area contributed by atoms with E-state index in [9.17, 15) is 4.79 Å². The first-order valence-electron chi connectivity index (χ1n) is 4.43. The average molecular weight is 225 g/mol. The molecule has 2 heterocycles. The third-order valence-electron chi connectivity index (χ3n) is 2.12. The van der Waals surface area contributed by atoms with Crippen molar-refractivity contribution >= 4 is 16.5 Å². The molecule has 0 amide bonds. The monoisotopic (exact) mass is 225 g/mol. The Labute approximate surface area is 90.3 Å². The van der Waals surface area contributed by atoms with Crippen LogP contribution in [0.3, 0.4) is 0 Å². The Balaban J connectivity index is 2.29. The fourth-order valence-electron chi connectivity index (χ4n) is 1.29. The smallest absolute Gasteiger partial charge is 0.328 e. The van der Waals surface area contributed by atoms with E-state index in [1.54, 1.807) is 24.0 Å². The lowest BCUT2D eigenvalue weighted by Crippen LogP contribution is -2.22. The van der Waals surface area contributed by atoms with Crippen LogP contribution in [0.15, 0.2) is 17.2 Å². The van der Waals surface area contributed by atoms with Crippen LogP contribution in [-0.2, 0) is 13.6 Å². The summed E-state index contributed by atoms with van der Waals surface area (Å²) < 4.78 is 6.95. The van der Waals surface area contributed by atoms with Gasteiger partial charge in [0.2, 0.25) is 0 Å². The third-order valence-corrected chi connectivity index (χ3v) is 2.91. The molecule has 0 atom stereocenters. The van der Waals surface area contributed by atoms with E-state index in [1.807, 2.05) is 7.05 Å². The summed E-state index contributed by atoms with van der Waals surface area (Å²) in [4.78, 5) is 11.6. The van der Waals surface area contributed by atoms with Gasteiger partial charge < -0.3 is 9.88 Å². The van der Waals surface area contributed by atoms with Crippen molar-refractivity contribution in [1.29, 1.82) is 0 Å². The lowest BCUT2D eigenvalue weighted by Gasteiger charge is -1.99. The molecule has 1 N–H and O–H groups in total. The zero-order valence-electron chi connectivity index (χ0n) is 8.47. The number of rotatable bonds is 3. The molecule has 0 bridgehead atoms. The number of aromatic nitrogens is 4. The van der Waals surface area contributed by atoms with Crippen molar-refractivity contribution in [3.63, 3.8) is 0 Å². The molecule has 0 spiro atoms. The quantitative estimate of drug-likeness (QED) is 0.806. The maximum Gasteiger partial charge on any atom is 0.328 e. The summed E-state index contributed by atoms with van der Waals surface area (Å²) in [6.07, 6.45) is 3.46. The number of hydrogen-bond acceptors (Lipinski definition) is 5. The second-order valence-electron chi connectivity index (χ2n) is 3.12. The van der Waals surface area contributed by atoms with E-state index in [1.165, 1.54) is 16.1 Å². The molecule has 0 saturated heterocycles. The molecule has 15 heavy (non-hydrogen) atoms. The Morgan fingerprint density at radius 1 is 1.53 bits per heavy atom. The molecule has 80 valence electrons. The van der Waals surface area contributed by atoms with E-state index in [2.05, 4.69) is 14.9 Å². The van der Waals surface area contributed by atoms with Gasteiger partial charge in [-0.05, 0) is 0 Å². The predicted molar refractivity (Wildman–Crippen MR) is 58.2 cm³/mol. The molecular formula is C8H11N5OS. The van der Waals surface area contributed by atoms with Crippen LogP contribution < -0.4 is 11.0 Å². The van der Waals surface area contributed by atoms with Crippen molar-refractivity contribution in [2.24, 2.45) is 7.05 Å². The first-order valence-corrected chi connectivity index (χ1v) is 5.20. The van der Waals surface area contributed by atoms with Crippen LogP contribution in [0.1, 0.15) is 5.69 Å². The Hall–Kier alpha value is -1.63. The predicted octanol–water partition coefficient (Wildman–Crippen LogP) is 0.128. The molecule has 2 aromatic rings. The zero-order valence-corrected chi connectivity index (χ0v) is 9.28. The van der Waals surface area contributed by atoms with Crippen molar-refractivity contribution in [2.75, 3.05) is 12.4 Å². The minimum absolute atomic E-state index is 0.0509. The SMILES string of the molecule is CNc1snnc1Cn1ccn(C)c1=O. The van der Waals surface area contributed by atoms with E-state index in [4.69, 9.17) is 0 Å². The van der Waals surface area contributed by atoms with Crippen LogP contribution >= 0.6 is 11.5 Å². The van der Waals surface area contributed by atoms with E-state index in [0.29, 0.717) is 6.54 Å². The molecule has 6 nitrogen and oxygen atoms in total. The molecule has 2 aromatic heterocycles. The van der Waals surface area contributed by atoms with Crippen molar-refractivity contribution in [3.05, 3.63) is 28.6 Å². The number of nitrogens with one attached hydrogen (secondary N) is 1. The highest BCUT2D eigenvalue weighted by Crippen LogP contribution is 2.16. The highest BCUT2D eigenvalue weighted by molar-refractivity contribution is 7.10. The van der Waals surface area contributed by atoms with E-state index >= 15 is 0 Å². The fourth-order valence-corrected chi connectivity index (χ4v) is 1.82. The van der Waals surface area contributed by atoms with Gasteiger partial charge in [0.1, 0.15) is 10.7 Å². The van der Waals surface area contributed by atoms with Crippen LogP contribution in [0.5, 0.6) is 0 Å². The van der Waals surface area contributed by atoms with Gasteiger partial charge in [-0.15, -0.1) is 5.10 Å². The lowest BCUT2D eigenvalue weighted by atomic mass is 10.4. The normalized spacial score (nSPS) is 10.5. The fraction of sp³-hybridized carbons (Fsp3) is 0.375. The van der Waals surface area contributed by atoms with Gasteiger partial charge in [0.25, 0.3) is 0 Å². The summed E-state index contributed by atoms with van der Waals surface area (Å²) in [6.45, 7) is 0.451. The third kappa shape index (κ3) is 1.78. The zero-order chi connectivity index (χ0) is 10.8. The van der Waals surface area contributed by atoms with E-state index in [0.717, 1.165) is 10.7 Å².